The Kier molecular flexibility index (Phi) is 6.07. The lowest BCUT2D eigenvalue weighted by Crippen LogP contribution is -2.48. The normalized spacial score (nSPS) is 26.7. The fourth-order valence-electron chi connectivity index (χ4n) is 3.64. The van der Waals surface area contributed by atoms with Crippen molar-refractivity contribution in [3.8, 4) is 0 Å². The highest BCUT2D eigenvalue weighted by molar-refractivity contribution is 5.76. The maximum absolute atomic E-state index is 12.5. The van der Waals surface area contributed by atoms with E-state index in [9.17, 15) is 14.7 Å². The van der Waals surface area contributed by atoms with Crippen molar-refractivity contribution in [3.05, 3.63) is 36.2 Å². The van der Waals surface area contributed by atoms with Crippen LogP contribution < -0.4 is 5.32 Å². The molecule has 1 aromatic rings. The molecule has 0 bridgehead atoms. The van der Waals surface area contributed by atoms with Crippen LogP contribution in [0.15, 0.2) is 30.5 Å². The minimum Gasteiger partial charge on any atom is -0.466 e. The molecule has 158 valence electrons. The number of hydrogen-bond donors (Lipinski definition) is 2. The van der Waals surface area contributed by atoms with Crippen molar-refractivity contribution in [3.63, 3.8) is 0 Å². The second-order valence-electron chi connectivity index (χ2n) is 8.24. The standard InChI is InChI=1S/C20H28N4O5/c1-5-28-18(26)13-10-15(17(25)16(13)21-19(27)29-20(2,3)4)24-11-14(22-23-24)12-8-6-7-9-12/h6-9,11-13,15-17,25H,5,10H2,1-4H3,(H,21,27)/t13-,15-,16-,17+/m1/s1. The number of hydrogen-bond acceptors (Lipinski definition) is 7. The second kappa shape index (κ2) is 8.36. The molecule has 1 saturated carbocycles. The van der Waals surface area contributed by atoms with Crippen LogP contribution in [0.2, 0.25) is 0 Å². The molecule has 0 unspecified atom stereocenters. The zero-order chi connectivity index (χ0) is 21.2. The Bertz CT molecular complexity index is 798. The van der Waals surface area contributed by atoms with E-state index < -0.39 is 41.8 Å². The van der Waals surface area contributed by atoms with Gasteiger partial charge in [0.15, 0.2) is 0 Å². The van der Waals surface area contributed by atoms with Gasteiger partial charge in [-0.05, 0) is 34.1 Å². The average molecular weight is 404 g/mol. The lowest BCUT2D eigenvalue weighted by molar-refractivity contribution is -0.148. The molecule has 2 aliphatic rings. The molecule has 0 spiro atoms. The molecule has 4 atom stereocenters. The number of aliphatic hydroxyl groups is 1. The Morgan fingerprint density at radius 2 is 2.00 bits per heavy atom. The first-order chi connectivity index (χ1) is 13.7. The maximum Gasteiger partial charge on any atom is 0.407 e. The van der Waals surface area contributed by atoms with E-state index in [0.717, 1.165) is 5.69 Å². The largest absolute Gasteiger partial charge is 0.466 e. The molecule has 1 aromatic heterocycles. The number of carbonyl (C=O) groups is 2. The fraction of sp³-hybridized carbons (Fsp3) is 0.600. The van der Waals surface area contributed by atoms with E-state index in [-0.39, 0.29) is 18.9 Å². The van der Waals surface area contributed by atoms with Crippen molar-refractivity contribution in [1.82, 2.24) is 20.3 Å². The van der Waals surface area contributed by atoms with E-state index in [1.165, 1.54) is 0 Å². The summed E-state index contributed by atoms with van der Waals surface area (Å²) in [5.74, 6) is -1.16. The molecule has 9 heteroatoms. The summed E-state index contributed by atoms with van der Waals surface area (Å²) in [7, 11) is 0. The topological polar surface area (TPSA) is 116 Å². The molecule has 0 aliphatic heterocycles. The van der Waals surface area contributed by atoms with Crippen molar-refractivity contribution in [2.24, 2.45) is 5.92 Å². The van der Waals surface area contributed by atoms with Crippen LogP contribution in [0, 0.1) is 5.92 Å². The van der Waals surface area contributed by atoms with E-state index in [4.69, 9.17) is 9.47 Å². The Balaban J connectivity index is 1.79. The summed E-state index contributed by atoms with van der Waals surface area (Å²) in [5, 5.41) is 21.9. The highest BCUT2D eigenvalue weighted by Gasteiger charge is 2.49. The minimum absolute atomic E-state index is 0.0406. The smallest absolute Gasteiger partial charge is 0.407 e. The van der Waals surface area contributed by atoms with Gasteiger partial charge in [-0.15, -0.1) is 5.10 Å². The lowest BCUT2D eigenvalue weighted by Gasteiger charge is -2.26. The highest BCUT2D eigenvalue weighted by Crippen LogP contribution is 2.36. The number of allylic oxidation sites excluding steroid dienone is 4. The zero-order valence-electron chi connectivity index (χ0n) is 17.1. The van der Waals surface area contributed by atoms with Crippen LogP contribution in [0.4, 0.5) is 4.79 Å². The molecule has 1 amide bonds. The number of aromatic nitrogens is 3. The number of ether oxygens (including phenoxy) is 2. The van der Waals surface area contributed by atoms with Crippen molar-refractivity contribution >= 4 is 12.1 Å². The summed E-state index contributed by atoms with van der Waals surface area (Å²) >= 11 is 0. The first kappa shape index (κ1) is 21.0. The number of carbonyl (C=O) groups excluding carboxylic acids is 2. The first-order valence-electron chi connectivity index (χ1n) is 9.80. The molecule has 1 heterocycles. The van der Waals surface area contributed by atoms with Gasteiger partial charge in [-0.1, -0.05) is 29.5 Å². The quantitative estimate of drug-likeness (QED) is 0.720. The molecular formula is C20H28N4O5. The predicted octanol–water partition coefficient (Wildman–Crippen LogP) is 1.87. The van der Waals surface area contributed by atoms with Gasteiger partial charge in [-0.3, -0.25) is 4.79 Å². The van der Waals surface area contributed by atoms with Gasteiger partial charge in [0.25, 0.3) is 0 Å². The van der Waals surface area contributed by atoms with Crippen molar-refractivity contribution in [2.45, 2.75) is 63.8 Å². The van der Waals surface area contributed by atoms with Crippen LogP contribution in [-0.2, 0) is 14.3 Å². The number of amides is 1. The second-order valence-corrected chi connectivity index (χ2v) is 8.24. The van der Waals surface area contributed by atoms with Crippen molar-refractivity contribution in [1.29, 1.82) is 0 Å². The number of nitrogens with one attached hydrogen (secondary N) is 1. The van der Waals surface area contributed by atoms with E-state index >= 15 is 0 Å². The molecule has 29 heavy (non-hydrogen) atoms. The van der Waals surface area contributed by atoms with E-state index in [0.29, 0.717) is 0 Å². The Hall–Kier alpha value is -2.68. The summed E-state index contributed by atoms with van der Waals surface area (Å²) in [4.78, 5) is 24.7. The molecule has 0 radical (unpaired) electrons. The van der Waals surface area contributed by atoms with Crippen LogP contribution in [0.25, 0.3) is 0 Å². The summed E-state index contributed by atoms with van der Waals surface area (Å²) in [5.41, 5.74) is 0.0497. The molecule has 3 rings (SSSR count). The van der Waals surface area contributed by atoms with Gasteiger partial charge in [-0.2, -0.15) is 0 Å². The monoisotopic (exact) mass is 404 g/mol. The van der Waals surface area contributed by atoms with Crippen LogP contribution >= 0.6 is 0 Å². The highest BCUT2D eigenvalue weighted by atomic mass is 16.6. The Morgan fingerprint density at radius 1 is 1.31 bits per heavy atom. The third kappa shape index (κ3) is 4.84. The van der Waals surface area contributed by atoms with Gasteiger partial charge >= 0.3 is 12.1 Å². The molecule has 1 fully saturated rings. The van der Waals surface area contributed by atoms with Crippen LogP contribution in [0.5, 0.6) is 0 Å². The van der Waals surface area contributed by atoms with E-state index in [1.54, 1.807) is 38.6 Å². The fourth-order valence-corrected chi connectivity index (χ4v) is 3.64. The molecule has 9 nitrogen and oxygen atoms in total. The number of aliphatic hydroxyl groups excluding tert-OH is 1. The van der Waals surface area contributed by atoms with Gasteiger partial charge < -0.3 is 19.9 Å². The van der Waals surface area contributed by atoms with Gasteiger partial charge in [0.1, 0.15) is 5.60 Å². The lowest BCUT2D eigenvalue weighted by atomic mass is 10.0. The summed E-state index contributed by atoms with van der Waals surface area (Å²) in [6.07, 6.45) is 8.13. The van der Waals surface area contributed by atoms with Crippen LogP contribution in [0.3, 0.4) is 0 Å². The van der Waals surface area contributed by atoms with Crippen molar-refractivity contribution in [2.75, 3.05) is 6.61 Å². The summed E-state index contributed by atoms with van der Waals surface area (Å²) in [6.45, 7) is 7.15. The van der Waals surface area contributed by atoms with Gasteiger partial charge in [0.05, 0.1) is 36.4 Å². The average Bonchev–Trinajstić information content (AvgIpc) is 3.34. The molecular weight excluding hydrogens is 376 g/mol. The van der Waals surface area contributed by atoms with Crippen LogP contribution in [-0.4, -0.2) is 56.5 Å². The maximum atomic E-state index is 12.5. The minimum atomic E-state index is -1.05. The number of esters is 1. The van der Waals surface area contributed by atoms with Gasteiger partial charge in [-0.25, -0.2) is 9.48 Å². The Labute approximate surface area is 169 Å². The first-order valence-corrected chi connectivity index (χ1v) is 9.80. The zero-order valence-corrected chi connectivity index (χ0v) is 17.1. The molecule has 0 saturated heterocycles. The number of nitrogens with zero attached hydrogens (tertiary/aromatic N) is 3. The van der Waals surface area contributed by atoms with Gasteiger partial charge in [0, 0.05) is 12.1 Å². The van der Waals surface area contributed by atoms with Crippen molar-refractivity contribution < 1.29 is 24.2 Å². The van der Waals surface area contributed by atoms with Crippen LogP contribution in [0.1, 0.15) is 51.8 Å². The predicted molar refractivity (Wildman–Crippen MR) is 104 cm³/mol. The SMILES string of the molecule is CCOC(=O)[C@@H]1C[C@@H](n2cc(C3C=CC=C3)nn2)[C@H](O)[C@@H]1NC(=O)OC(C)(C)C. The number of alkyl carbamates (subject to hydrolysis) is 1. The summed E-state index contributed by atoms with van der Waals surface area (Å²) in [6, 6.07) is -1.38. The van der Waals surface area contributed by atoms with E-state index in [1.807, 2.05) is 24.3 Å². The molecule has 0 aromatic carbocycles. The van der Waals surface area contributed by atoms with Gasteiger partial charge in [0.2, 0.25) is 0 Å². The third-order valence-corrected chi connectivity index (χ3v) is 4.92. The Morgan fingerprint density at radius 3 is 2.62 bits per heavy atom. The molecule has 2 N–H and O–H groups in total. The number of rotatable bonds is 5. The molecule has 2 aliphatic carbocycles. The summed E-state index contributed by atoms with van der Waals surface area (Å²) < 4.78 is 12.0. The third-order valence-electron chi connectivity index (χ3n) is 4.92. The van der Waals surface area contributed by atoms with E-state index in [2.05, 4.69) is 15.6 Å².